The minimum Gasteiger partial charge on any atom is -0.495 e. The molecule has 32 heavy (non-hydrogen) atoms. The minimum absolute atomic E-state index is 0.269. The standard InChI is InChI=1S/C25H16BrIN2O3/c1-31-23-19(12-14-5-2-3-8-18(14)22(23)26)24(30)28-17-9-10-21-20(13-17)29-25(32-21)15-6-4-7-16(27)11-15/h2-13H,1H3,(H,28,30). The van der Waals surface area contributed by atoms with Crippen LogP contribution in [0.15, 0.2) is 81.7 Å². The van der Waals surface area contributed by atoms with Gasteiger partial charge >= 0.3 is 0 Å². The second kappa shape index (κ2) is 8.55. The molecule has 0 saturated heterocycles. The van der Waals surface area contributed by atoms with Gasteiger partial charge in [0.25, 0.3) is 5.91 Å². The molecule has 1 N–H and O–H groups in total. The van der Waals surface area contributed by atoms with Crippen molar-refractivity contribution in [3.63, 3.8) is 0 Å². The number of fused-ring (bicyclic) bond motifs is 2. The number of anilines is 1. The first-order valence-corrected chi connectivity index (χ1v) is 11.6. The van der Waals surface area contributed by atoms with Gasteiger partial charge in [0.05, 0.1) is 17.1 Å². The summed E-state index contributed by atoms with van der Waals surface area (Å²) in [6.45, 7) is 0. The van der Waals surface area contributed by atoms with E-state index in [2.05, 4.69) is 48.8 Å². The van der Waals surface area contributed by atoms with Crippen molar-refractivity contribution in [1.29, 1.82) is 0 Å². The van der Waals surface area contributed by atoms with E-state index in [1.807, 2.05) is 60.7 Å². The van der Waals surface area contributed by atoms with Gasteiger partial charge in [-0.1, -0.05) is 30.3 Å². The highest BCUT2D eigenvalue weighted by Crippen LogP contribution is 2.37. The number of ether oxygens (including phenoxy) is 1. The zero-order valence-corrected chi connectivity index (χ0v) is 20.6. The Morgan fingerprint density at radius 2 is 1.91 bits per heavy atom. The number of hydrogen-bond donors (Lipinski definition) is 1. The van der Waals surface area contributed by atoms with Gasteiger partial charge in [0.1, 0.15) is 11.3 Å². The molecule has 0 spiro atoms. The number of hydrogen-bond acceptors (Lipinski definition) is 4. The summed E-state index contributed by atoms with van der Waals surface area (Å²) in [7, 11) is 1.55. The molecule has 158 valence electrons. The van der Waals surface area contributed by atoms with Crippen molar-refractivity contribution in [2.24, 2.45) is 0 Å². The Hall–Kier alpha value is -2.91. The molecule has 0 fully saturated rings. The largest absolute Gasteiger partial charge is 0.495 e. The third-order valence-corrected chi connectivity index (χ3v) is 6.57. The molecular weight excluding hydrogens is 583 g/mol. The van der Waals surface area contributed by atoms with Crippen LogP contribution >= 0.6 is 38.5 Å². The third kappa shape index (κ3) is 3.86. The van der Waals surface area contributed by atoms with Crippen LogP contribution in [0.25, 0.3) is 33.3 Å². The molecule has 1 amide bonds. The van der Waals surface area contributed by atoms with Gasteiger partial charge in [0.15, 0.2) is 5.58 Å². The van der Waals surface area contributed by atoms with Crippen molar-refractivity contribution in [1.82, 2.24) is 4.98 Å². The summed E-state index contributed by atoms with van der Waals surface area (Å²) in [5.41, 5.74) is 3.30. The van der Waals surface area contributed by atoms with Crippen LogP contribution in [0.5, 0.6) is 5.75 Å². The fourth-order valence-corrected chi connectivity index (χ4v) is 4.88. The molecule has 0 aliphatic carbocycles. The monoisotopic (exact) mass is 598 g/mol. The number of methoxy groups -OCH3 is 1. The molecule has 0 aliphatic heterocycles. The summed E-state index contributed by atoms with van der Waals surface area (Å²) in [6.07, 6.45) is 0. The predicted octanol–water partition coefficient (Wildman–Crippen LogP) is 7.28. The molecule has 5 rings (SSSR count). The summed E-state index contributed by atoms with van der Waals surface area (Å²) >= 11 is 5.84. The molecule has 5 aromatic rings. The maximum Gasteiger partial charge on any atom is 0.259 e. The van der Waals surface area contributed by atoms with Crippen LogP contribution in [0.4, 0.5) is 5.69 Å². The summed E-state index contributed by atoms with van der Waals surface area (Å²) in [6, 6.07) is 23.0. The summed E-state index contributed by atoms with van der Waals surface area (Å²) < 4.78 is 13.3. The van der Waals surface area contributed by atoms with Crippen LogP contribution in [-0.4, -0.2) is 18.0 Å². The Labute approximate surface area is 206 Å². The number of halogens is 2. The highest BCUT2D eigenvalue weighted by molar-refractivity contribution is 14.1. The van der Waals surface area contributed by atoms with E-state index in [4.69, 9.17) is 9.15 Å². The number of rotatable bonds is 4. The zero-order chi connectivity index (χ0) is 22.2. The van der Waals surface area contributed by atoms with E-state index in [-0.39, 0.29) is 5.91 Å². The van der Waals surface area contributed by atoms with Crippen molar-refractivity contribution in [2.45, 2.75) is 0 Å². The number of amides is 1. The Morgan fingerprint density at radius 1 is 1.06 bits per heavy atom. The SMILES string of the molecule is COc1c(C(=O)Nc2ccc3oc(-c4cccc(I)c4)nc3c2)cc2ccccc2c1Br. The first-order chi connectivity index (χ1) is 15.5. The molecule has 1 heterocycles. The molecular formula is C25H16BrIN2O3. The van der Waals surface area contributed by atoms with Crippen LogP contribution in [0, 0.1) is 3.57 Å². The van der Waals surface area contributed by atoms with Gasteiger partial charge in [0, 0.05) is 14.8 Å². The van der Waals surface area contributed by atoms with Gasteiger partial charge in [-0.05, 0) is 91.8 Å². The van der Waals surface area contributed by atoms with Crippen LogP contribution in [0.3, 0.4) is 0 Å². The maximum atomic E-state index is 13.1. The van der Waals surface area contributed by atoms with E-state index < -0.39 is 0 Å². The first-order valence-electron chi connectivity index (χ1n) is 9.76. The number of nitrogens with zero attached hydrogens (tertiary/aromatic N) is 1. The van der Waals surface area contributed by atoms with Crippen LogP contribution in [-0.2, 0) is 0 Å². The smallest absolute Gasteiger partial charge is 0.259 e. The zero-order valence-electron chi connectivity index (χ0n) is 16.9. The fourth-order valence-electron chi connectivity index (χ4n) is 3.60. The van der Waals surface area contributed by atoms with E-state index in [9.17, 15) is 4.79 Å². The van der Waals surface area contributed by atoms with E-state index in [0.717, 1.165) is 24.4 Å². The maximum absolute atomic E-state index is 13.1. The Morgan fingerprint density at radius 3 is 2.72 bits per heavy atom. The molecule has 0 radical (unpaired) electrons. The number of nitrogens with one attached hydrogen (secondary N) is 1. The molecule has 0 aliphatic rings. The Bertz CT molecular complexity index is 1500. The highest BCUT2D eigenvalue weighted by atomic mass is 127. The van der Waals surface area contributed by atoms with E-state index in [0.29, 0.717) is 34.0 Å². The predicted molar refractivity (Wildman–Crippen MR) is 138 cm³/mol. The molecule has 0 bridgehead atoms. The molecule has 4 aromatic carbocycles. The average molecular weight is 599 g/mol. The third-order valence-electron chi connectivity index (χ3n) is 5.11. The van der Waals surface area contributed by atoms with E-state index in [1.165, 1.54) is 0 Å². The van der Waals surface area contributed by atoms with Gasteiger partial charge in [-0.15, -0.1) is 0 Å². The van der Waals surface area contributed by atoms with Gasteiger partial charge in [-0.2, -0.15) is 0 Å². The lowest BCUT2D eigenvalue weighted by molar-refractivity contribution is 0.102. The van der Waals surface area contributed by atoms with Gasteiger partial charge < -0.3 is 14.5 Å². The van der Waals surface area contributed by atoms with Gasteiger partial charge in [-0.3, -0.25) is 4.79 Å². The number of aromatic nitrogens is 1. The second-order valence-corrected chi connectivity index (χ2v) is 9.20. The molecule has 0 atom stereocenters. The quantitative estimate of drug-likeness (QED) is 0.221. The van der Waals surface area contributed by atoms with Crippen molar-refractivity contribution in [2.75, 3.05) is 12.4 Å². The van der Waals surface area contributed by atoms with E-state index >= 15 is 0 Å². The van der Waals surface area contributed by atoms with Crippen LogP contribution < -0.4 is 10.1 Å². The lowest BCUT2D eigenvalue weighted by Crippen LogP contribution is -2.13. The average Bonchev–Trinajstić information content (AvgIpc) is 3.22. The van der Waals surface area contributed by atoms with Crippen molar-refractivity contribution >= 4 is 72.0 Å². The summed E-state index contributed by atoms with van der Waals surface area (Å²) in [5, 5.41) is 4.88. The lowest BCUT2D eigenvalue weighted by atomic mass is 10.1. The lowest BCUT2D eigenvalue weighted by Gasteiger charge is -2.13. The molecule has 7 heteroatoms. The number of carbonyl (C=O) groups excluding carboxylic acids is 1. The van der Waals surface area contributed by atoms with Crippen molar-refractivity contribution in [3.8, 4) is 17.2 Å². The van der Waals surface area contributed by atoms with Gasteiger partial charge in [-0.25, -0.2) is 4.98 Å². The van der Waals surface area contributed by atoms with Gasteiger partial charge in [0.2, 0.25) is 5.89 Å². The fraction of sp³-hybridized carbons (Fsp3) is 0.0400. The number of benzene rings is 4. The molecule has 0 saturated carbocycles. The number of oxazole rings is 1. The van der Waals surface area contributed by atoms with Crippen LogP contribution in [0.1, 0.15) is 10.4 Å². The summed E-state index contributed by atoms with van der Waals surface area (Å²) in [4.78, 5) is 17.7. The van der Waals surface area contributed by atoms with Crippen molar-refractivity contribution in [3.05, 3.63) is 86.4 Å². The molecule has 0 unspecified atom stereocenters. The van der Waals surface area contributed by atoms with Crippen molar-refractivity contribution < 1.29 is 13.9 Å². The first kappa shape index (κ1) is 21.0. The number of carbonyl (C=O) groups is 1. The Balaban J connectivity index is 1.49. The van der Waals surface area contributed by atoms with E-state index in [1.54, 1.807) is 19.2 Å². The molecule has 5 nitrogen and oxygen atoms in total. The topological polar surface area (TPSA) is 64.4 Å². The normalized spacial score (nSPS) is 11.1. The summed E-state index contributed by atoms with van der Waals surface area (Å²) in [5.74, 6) is 0.765. The van der Waals surface area contributed by atoms with Crippen LogP contribution in [0.2, 0.25) is 0 Å². The second-order valence-electron chi connectivity index (χ2n) is 7.16. The molecule has 1 aromatic heterocycles. The minimum atomic E-state index is -0.269. The highest BCUT2D eigenvalue weighted by Gasteiger charge is 2.19. The Kier molecular flexibility index (Phi) is 5.60.